The van der Waals surface area contributed by atoms with Gasteiger partial charge in [0.1, 0.15) is 10.6 Å². The minimum atomic E-state index is -3.77. The largest absolute Gasteiger partial charge is 0.379 e. The van der Waals surface area contributed by atoms with Gasteiger partial charge in [0, 0.05) is 4.90 Å². The molecule has 0 fully saturated rings. The molecule has 0 N–H and O–H groups in total. The van der Waals surface area contributed by atoms with Gasteiger partial charge in [-0.2, -0.15) is 8.42 Å². The van der Waals surface area contributed by atoms with Crippen molar-refractivity contribution in [1.29, 1.82) is 0 Å². The third kappa shape index (κ3) is 4.78. The Kier molecular flexibility index (Phi) is 5.91. The highest BCUT2D eigenvalue weighted by molar-refractivity contribution is 7.99. The molecule has 2 aromatic rings. The number of unbranched alkanes of at least 4 members (excludes halogenated alkanes) is 1. The summed E-state index contributed by atoms with van der Waals surface area (Å²) in [6.07, 6.45) is 2.34. The fraction of sp³-hybridized carbons (Fsp3) is 0.294. The first kappa shape index (κ1) is 16.9. The Balaban J connectivity index is 2.05. The molecule has 0 saturated heterocycles. The Labute approximate surface area is 136 Å². The molecule has 0 heterocycles. The first-order valence-electron chi connectivity index (χ1n) is 7.25. The van der Waals surface area contributed by atoms with Gasteiger partial charge in [0.15, 0.2) is 0 Å². The van der Waals surface area contributed by atoms with Crippen molar-refractivity contribution in [3.05, 3.63) is 54.1 Å². The molecular weight excluding hydrogens is 316 g/mol. The van der Waals surface area contributed by atoms with Gasteiger partial charge in [-0.05, 0) is 55.5 Å². The van der Waals surface area contributed by atoms with Gasteiger partial charge in [-0.25, -0.2) is 0 Å². The number of hydrogen-bond acceptors (Lipinski definition) is 4. The maximum atomic E-state index is 12.2. The SMILES string of the molecule is CCCCSc1ccc(OS(=O)(=O)c2ccc(C)cc2)cc1. The molecule has 22 heavy (non-hydrogen) atoms. The summed E-state index contributed by atoms with van der Waals surface area (Å²) in [4.78, 5) is 1.29. The van der Waals surface area contributed by atoms with Crippen LogP contribution in [0.15, 0.2) is 58.3 Å². The summed E-state index contributed by atoms with van der Waals surface area (Å²) >= 11 is 1.76. The van der Waals surface area contributed by atoms with E-state index in [1.807, 2.05) is 19.1 Å². The van der Waals surface area contributed by atoms with E-state index in [9.17, 15) is 8.42 Å². The first-order valence-corrected chi connectivity index (χ1v) is 9.64. The predicted molar refractivity (Wildman–Crippen MR) is 91.1 cm³/mol. The Morgan fingerprint density at radius 1 is 1.00 bits per heavy atom. The van der Waals surface area contributed by atoms with Crippen LogP contribution in [-0.2, 0) is 10.1 Å². The predicted octanol–water partition coefficient (Wildman–Crippen LogP) is 4.65. The lowest BCUT2D eigenvalue weighted by molar-refractivity contribution is 0.486. The molecule has 0 amide bonds. The fourth-order valence-corrected chi connectivity index (χ4v) is 3.73. The van der Waals surface area contributed by atoms with E-state index in [4.69, 9.17) is 4.18 Å². The van der Waals surface area contributed by atoms with Gasteiger partial charge in [0.2, 0.25) is 0 Å². The lowest BCUT2D eigenvalue weighted by Crippen LogP contribution is -2.09. The minimum Gasteiger partial charge on any atom is -0.379 e. The van der Waals surface area contributed by atoms with Crippen molar-refractivity contribution < 1.29 is 12.6 Å². The maximum absolute atomic E-state index is 12.2. The highest BCUT2D eigenvalue weighted by Crippen LogP contribution is 2.24. The molecule has 0 unspecified atom stereocenters. The van der Waals surface area contributed by atoms with Gasteiger partial charge in [0.25, 0.3) is 0 Å². The molecule has 5 heteroatoms. The molecule has 0 atom stereocenters. The van der Waals surface area contributed by atoms with Crippen molar-refractivity contribution in [3.8, 4) is 5.75 Å². The zero-order valence-electron chi connectivity index (χ0n) is 12.8. The second-order valence-corrected chi connectivity index (χ2v) is 7.74. The molecule has 0 aromatic heterocycles. The van der Waals surface area contributed by atoms with E-state index in [2.05, 4.69) is 6.92 Å². The second kappa shape index (κ2) is 7.70. The van der Waals surface area contributed by atoms with Crippen molar-refractivity contribution in [1.82, 2.24) is 0 Å². The zero-order chi connectivity index (χ0) is 16.0. The normalized spacial score (nSPS) is 11.4. The maximum Gasteiger partial charge on any atom is 0.339 e. The standard InChI is InChI=1S/C17H20O3S2/c1-3-4-13-21-16-9-7-15(8-10-16)20-22(18,19)17-11-5-14(2)6-12-17/h5-12H,3-4,13H2,1-2H3. The third-order valence-electron chi connectivity index (χ3n) is 3.11. The number of rotatable bonds is 7. The summed E-state index contributed by atoms with van der Waals surface area (Å²) in [5.41, 5.74) is 1.01. The van der Waals surface area contributed by atoms with E-state index in [0.29, 0.717) is 5.75 Å². The molecular formula is C17H20O3S2. The van der Waals surface area contributed by atoms with Gasteiger partial charge in [-0.1, -0.05) is 31.0 Å². The van der Waals surface area contributed by atoms with Gasteiger partial charge in [-0.15, -0.1) is 11.8 Å². The smallest absolute Gasteiger partial charge is 0.339 e. The summed E-state index contributed by atoms with van der Waals surface area (Å²) < 4.78 is 29.5. The lowest BCUT2D eigenvalue weighted by atomic mass is 10.2. The van der Waals surface area contributed by atoms with E-state index in [1.54, 1.807) is 48.2 Å². The quantitative estimate of drug-likeness (QED) is 0.419. The zero-order valence-corrected chi connectivity index (χ0v) is 14.4. The molecule has 0 saturated carbocycles. The van der Waals surface area contributed by atoms with Crippen LogP contribution < -0.4 is 4.18 Å². The molecule has 0 aliphatic carbocycles. The Hall–Kier alpha value is -1.46. The molecule has 0 spiro atoms. The van der Waals surface area contributed by atoms with E-state index >= 15 is 0 Å². The molecule has 2 rings (SSSR count). The fourth-order valence-electron chi connectivity index (χ4n) is 1.81. The molecule has 2 aromatic carbocycles. The van der Waals surface area contributed by atoms with Crippen LogP contribution in [0.1, 0.15) is 25.3 Å². The Bertz CT molecular complexity index is 690. The monoisotopic (exact) mass is 336 g/mol. The highest BCUT2D eigenvalue weighted by Gasteiger charge is 2.16. The Morgan fingerprint density at radius 2 is 1.64 bits per heavy atom. The average molecular weight is 336 g/mol. The summed E-state index contributed by atoms with van der Waals surface area (Å²) in [6.45, 7) is 4.07. The first-order chi connectivity index (χ1) is 10.5. The van der Waals surface area contributed by atoms with E-state index in [0.717, 1.165) is 16.2 Å². The summed E-state index contributed by atoms with van der Waals surface area (Å²) in [5, 5.41) is 0. The number of aryl methyl sites for hydroxylation is 1. The number of hydrogen-bond donors (Lipinski definition) is 0. The number of thioether (sulfide) groups is 1. The van der Waals surface area contributed by atoms with Gasteiger partial charge >= 0.3 is 10.1 Å². The molecule has 0 bridgehead atoms. The van der Waals surface area contributed by atoms with Crippen molar-refractivity contribution in [2.45, 2.75) is 36.5 Å². The minimum absolute atomic E-state index is 0.166. The number of benzene rings is 2. The summed E-state index contributed by atoms with van der Waals surface area (Å²) in [6, 6.07) is 13.8. The van der Waals surface area contributed by atoms with Crippen LogP contribution in [0.25, 0.3) is 0 Å². The molecule has 0 radical (unpaired) electrons. The molecule has 0 aliphatic heterocycles. The summed E-state index contributed by atoms with van der Waals surface area (Å²) in [7, 11) is -3.77. The van der Waals surface area contributed by atoms with Crippen LogP contribution in [0, 0.1) is 6.92 Å². The Morgan fingerprint density at radius 3 is 2.23 bits per heavy atom. The van der Waals surface area contributed by atoms with Crippen LogP contribution in [0.4, 0.5) is 0 Å². The topological polar surface area (TPSA) is 43.4 Å². The lowest BCUT2D eigenvalue weighted by Gasteiger charge is -2.08. The third-order valence-corrected chi connectivity index (χ3v) is 5.47. The molecule has 118 valence electrons. The van der Waals surface area contributed by atoms with Crippen LogP contribution in [-0.4, -0.2) is 14.2 Å². The van der Waals surface area contributed by atoms with E-state index < -0.39 is 10.1 Å². The second-order valence-electron chi connectivity index (χ2n) is 5.02. The van der Waals surface area contributed by atoms with E-state index in [1.165, 1.54) is 12.8 Å². The van der Waals surface area contributed by atoms with Crippen molar-refractivity contribution in [2.75, 3.05) is 5.75 Å². The van der Waals surface area contributed by atoms with Gasteiger partial charge in [-0.3, -0.25) is 0 Å². The van der Waals surface area contributed by atoms with Crippen molar-refractivity contribution in [3.63, 3.8) is 0 Å². The van der Waals surface area contributed by atoms with Crippen molar-refractivity contribution in [2.24, 2.45) is 0 Å². The van der Waals surface area contributed by atoms with Gasteiger partial charge in [0.05, 0.1) is 0 Å². The van der Waals surface area contributed by atoms with Gasteiger partial charge < -0.3 is 4.18 Å². The molecule has 0 aliphatic rings. The van der Waals surface area contributed by atoms with Crippen LogP contribution in [0.3, 0.4) is 0 Å². The van der Waals surface area contributed by atoms with Crippen LogP contribution in [0.2, 0.25) is 0 Å². The van der Waals surface area contributed by atoms with Crippen LogP contribution in [0.5, 0.6) is 5.75 Å². The van der Waals surface area contributed by atoms with Crippen LogP contribution >= 0.6 is 11.8 Å². The van der Waals surface area contributed by atoms with E-state index in [-0.39, 0.29) is 4.90 Å². The highest BCUT2D eigenvalue weighted by atomic mass is 32.2. The van der Waals surface area contributed by atoms with Crippen molar-refractivity contribution >= 4 is 21.9 Å². The molecule has 3 nitrogen and oxygen atoms in total. The summed E-state index contributed by atoms with van der Waals surface area (Å²) in [5.74, 6) is 1.40. The average Bonchev–Trinajstić information content (AvgIpc) is 2.49.